The Morgan fingerprint density at radius 3 is 2.76 bits per heavy atom. The highest BCUT2D eigenvalue weighted by atomic mass is 16.1. The molecule has 0 unspecified atom stereocenters. The van der Waals surface area contributed by atoms with E-state index >= 15 is 0 Å². The van der Waals surface area contributed by atoms with Crippen LogP contribution < -0.4 is 5.32 Å². The lowest BCUT2D eigenvalue weighted by atomic mass is 10.2. The topological polar surface area (TPSA) is 88.5 Å². The fraction of sp³-hybridized carbons (Fsp3) is 0.273. The first-order chi connectivity index (χ1) is 14.1. The van der Waals surface area contributed by atoms with E-state index in [1.54, 1.807) is 12.3 Å². The Hall–Kier alpha value is -3.48. The second-order valence-corrected chi connectivity index (χ2v) is 7.41. The first kappa shape index (κ1) is 18.9. The van der Waals surface area contributed by atoms with Crippen LogP contribution in [0.3, 0.4) is 0 Å². The predicted molar refractivity (Wildman–Crippen MR) is 112 cm³/mol. The van der Waals surface area contributed by atoms with Gasteiger partial charge in [0.1, 0.15) is 17.2 Å². The summed E-state index contributed by atoms with van der Waals surface area (Å²) in [5.74, 6) is 1.31. The van der Waals surface area contributed by atoms with Crippen LogP contribution in [0.1, 0.15) is 30.2 Å². The second kappa shape index (κ2) is 8.26. The molecule has 29 heavy (non-hydrogen) atoms. The zero-order valence-electron chi connectivity index (χ0n) is 16.6. The molecule has 2 N–H and O–H groups in total. The number of benzene rings is 1. The van der Waals surface area contributed by atoms with Gasteiger partial charge in [-0.15, -0.1) is 0 Å². The van der Waals surface area contributed by atoms with Gasteiger partial charge >= 0.3 is 0 Å². The molecule has 0 atom stereocenters. The third-order valence-electron chi connectivity index (χ3n) is 4.67. The molecule has 7 heteroatoms. The number of hydrogen-bond acceptors (Lipinski definition) is 4. The van der Waals surface area contributed by atoms with Gasteiger partial charge in [-0.05, 0) is 36.2 Å². The minimum absolute atomic E-state index is 0.189. The van der Waals surface area contributed by atoms with E-state index in [1.807, 2.05) is 36.4 Å². The molecule has 1 aromatic carbocycles. The van der Waals surface area contributed by atoms with E-state index in [1.165, 1.54) is 0 Å². The zero-order chi connectivity index (χ0) is 20.2. The molecular formula is C22H24N6O. The van der Waals surface area contributed by atoms with Gasteiger partial charge in [-0.25, -0.2) is 4.98 Å². The number of aromatic amines is 1. The number of imidazole rings is 1. The summed E-state index contributed by atoms with van der Waals surface area (Å²) in [6.45, 7) is 5.78. The number of hydrogen-bond donors (Lipinski definition) is 2. The molecule has 4 aromatic rings. The van der Waals surface area contributed by atoms with Crippen LogP contribution in [0.4, 0.5) is 0 Å². The number of amides is 1. The van der Waals surface area contributed by atoms with Gasteiger partial charge in [-0.3, -0.25) is 14.9 Å². The number of aromatic nitrogens is 5. The molecule has 0 saturated carbocycles. The average molecular weight is 388 g/mol. The summed E-state index contributed by atoms with van der Waals surface area (Å²) in [5.41, 5.74) is 3.92. The number of pyridine rings is 1. The molecule has 148 valence electrons. The normalized spacial score (nSPS) is 11.3. The standard InChI is InChI=1S/C22H24N6O/c1-15(2)14-28-20-9-4-3-8-17(20)25-21(28)10-12-24-22(29)19-13-18(26-27-19)16-7-5-6-11-23-16/h3-9,11,13,15H,10,12,14H2,1-2H3,(H,24,29)(H,26,27). The van der Waals surface area contributed by atoms with Gasteiger partial charge in [0, 0.05) is 25.7 Å². The number of para-hydroxylation sites is 2. The van der Waals surface area contributed by atoms with Crippen molar-refractivity contribution in [3.05, 3.63) is 66.2 Å². The van der Waals surface area contributed by atoms with Crippen LogP contribution in [0.25, 0.3) is 22.4 Å². The van der Waals surface area contributed by atoms with E-state index < -0.39 is 0 Å². The summed E-state index contributed by atoms with van der Waals surface area (Å²) < 4.78 is 2.25. The zero-order valence-corrected chi connectivity index (χ0v) is 16.6. The molecule has 0 radical (unpaired) electrons. The molecular weight excluding hydrogens is 364 g/mol. The van der Waals surface area contributed by atoms with E-state index in [2.05, 4.69) is 45.0 Å². The van der Waals surface area contributed by atoms with E-state index in [9.17, 15) is 4.79 Å². The molecule has 0 bridgehead atoms. The summed E-state index contributed by atoms with van der Waals surface area (Å²) in [6.07, 6.45) is 2.36. The summed E-state index contributed by atoms with van der Waals surface area (Å²) in [7, 11) is 0. The highest BCUT2D eigenvalue weighted by Crippen LogP contribution is 2.18. The van der Waals surface area contributed by atoms with Crippen molar-refractivity contribution in [2.24, 2.45) is 5.92 Å². The van der Waals surface area contributed by atoms with Gasteiger partial charge in [0.15, 0.2) is 0 Å². The number of nitrogens with one attached hydrogen (secondary N) is 2. The maximum absolute atomic E-state index is 12.5. The van der Waals surface area contributed by atoms with Crippen LogP contribution in [-0.2, 0) is 13.0 Å². The summed E-state index contributed by atoms with van der Waals surface area (Å²) in [6, 6.07) is 15.5. The van der Waals surface area contributed by atoms with E-state index in [-0.39, 0.29) is 5.91 Å². The summed E-state index contributed by atoms with van der Waals surface area (Å²) in [5, 5.41) is 9.93. The van der Waals surface area contributed by atoms with Crippen molar-refractivity contribution >= 4 is 16.9 Å². The lowest BCUT2D eigenvalue weighted by Gasteiger charge is -2.12. The first-order valence-electron chi connectivity index (χ1n) is 9.81. The molecule has 3 aromatic heterocycles. The molecule has 0 fully saturated rings. The molecule has 1 amide bonds. The fourth-order valence-electron chi connectivity index (χ4n) is 3.35. The SMILES string of the molecule is CC(C)Cn1c(CCNC(=O)c2cc(-c3ccccn3)n[nH]2)nc2ccccc21. The number of carbonyl (C=O) groups is 1. The monoisotopic (exact) mass is 388 g/mol. The molecule has 0 aliphatic carbocycles. The third-order valence-corrected chi connectivity index (χ3v) is 4.67. The van der Waals surface area contributed by atoms with Gasteiger partial charge in [-0.2, -0.15) is 5.10 Å². The molecule has 3 heterocycles. The number of nitrogens with zero attached hydrogens (tertiary/aromatic N) is 4. The van der Waals surface area contributed by atoms with E-state index in [4.69, 9.17) is 4.98 Å². The Morgan fingerprint density at radius 2 is 1.97 bits per heavy atom. The van der Waals surface area contributed by atoms with Crippen molar-refractivity contribution in [3.8, 4) is 11.4 Å². The van der Waals surface area contributed by atoms with Crippen molar-refractivity contribution in [1.82, 2.24) is 30.0 Å². The summed E-state index contributed by atoms with van der Waals surface area (Å²) in [4.78, 5) is 21.5. The van der Waals surface area contributed by atoms with Crippen molar-refractivity contribution in [3.63, 3.8) is 0 Å². The van der Waals surface area contributed by atoms with Gasteiger partial charge in [-0.1, -0.05) is 32.0 Å². The Balaban J connectivity index is 1.43. The number of fused-ring (bicyclic) bond motifs is 1. The lowest BCUT2D eigenvalue weighted by Crippen LogP contribution is -2.27. The average Bonchev–Trinajstić information content (AvgIpc) is 3.34. The van der Waals surface area contributed by atoms with Gasteiger partial charge in [0.25, 0.3) is 5.91 Å². The Bertz CT molecular complexity index is 1110. The van der Waals surface area contributed by atoms with Gasteiger partial charge in [0.2, 0.25) is 0 Å². The van der Waals surface area contributed by atoms with Crippen molar-refractivity contribution in [2.45, 2.75) is 26.8 Å². The highest BCUT2D eigenvalue weighted by molar-refractivity contribution is 5.93. The maximum Gasteiger partial charge on any atom is 0.269 e. The molecule has 0 aliphatic rings. The number of H-pyrrole nitrogens is 1. The number of carbonyl (C=O) groups excluding carboxylic acids is 1. The van der Waals surface area contributed by atoms with Crippen LogP contribution >= 0.6 is 0 Å². The quantitative estimate of drug-likeness (QED) is 0.507. The summed E-state index contributed by atoms with van der Waals surface area (Å²) >= 11 is 0. The molecule has 0 spiro atoms. The number of rotatable bonds is 7. The predicted octanol–water partition coefficient (Wildman–Crippen LogP) is 3.45. The smallest absolute Gasteiger partial charge is 0.269 e. The first-order valence-corrected chi connectivity index (χ1v) is 9.81. The minimum atomic E-state index is -0.189. The van der Waals surface area contributed by atoms with Crippen LogP contribution in [-0.4, -0.2) is 37.2 Å². The van der Waals surface area contributed by atoms with Crippen molar-refractivity contribution in [2.75, 3.05) is 6.54 Å². The maximum atomic E-state index is 12.5. The molecule has 0 saturated heterocycles. The van der Waals surface area contributed by atoms with E-state index in [0.717, 1.165) is 29.1 Å². The van der Waals surface area contributed by atoms with Gasteiger partial charge < -0.3 is 9.88 Å². The fourth-order valence-corrected chi connectivity index (χ4v) is 3.35. The third kappa shape index (κ3) is 4.18. The Kier molecular flexibility index (Phi) is 5.37. The second-order valence-electron chi connectivity index (χ2n) is 7.41. The molecule has 4 rings (SSSR count). The highest BCUT2D eigenvalue weighted by Gasteiger charge is 2.14. The lowest BCUT2D eigenvalue weighted by molar-refractivity contribution is 0.0949. The van der Waals surface area contributed by atoms with Crippen molar-refractivity contribution < 1.29 is 4.79 Å². The van der Waals surface area contributed by atoms with Crippen LogP contribution in [0, 0.1) is 5.92 Å². The van der Waals surface area contributed by atoms with Crippen LogP contribution in [0.2, 0.25) is 0 Å². The molecule has 7 nitrogen and oxygen atoms in total. The Labute approximate surface area is 169 Å². The van der Waals surface area contributed by atoms with Crippen LogP contribution in [0.15, 0.2) is 54.7 Å². The minimum Gasteiger partial charge on any atom is -0.350 e. The van der Waals surface area contributed by atoms with Crippen molar-refractivity contribution in [1.29, 1.82) is 0 Å². The Morgan fingerprint density at radius 1 is 1.14 bits per heavy atom. The van der Waals surface area contributed by atoms with Crippen LogP contribution in [0.5, 0.6) is 0 Å². The largest absolute Gasteiger partial charge is 0.350 e. The molecule has 0 aliphatic heterocycles. The van der Waals surface area contributed by atoms with Gasteiger partial charge in [0.05, 0.1) is 16.7 Å². The van der Waals surface area contributed by atoms with E-state index in [0.29, 0.717) is 30.3 Å².